The summed E-state index contributed by atoms with van der Waals surface area (Å²) in [4.78, 5) is 22.4. The Bertz CT molecular complexity index is 550. The van der Waals surface area contributed by atoms with Crippen LogP contribution in [0.3, 0.4) is 0 Å². The first kappa shape index (κ1) is 15.6. The summed E-state index contributed by atoms with van der Waals surface area (Å²) >= 11 is 3.29. The second-order valence-electron chi connectivity index (χ2n) is 4.46. The normalized spacial score (nSPS) is 12.8. The molecule has 8 heteroatoms. The van der Waals surface area contributed by atoms with Crippen molar-refractivity contribution in [2.45, 2.75) is 19.3 Å². The van der Waals surface area contributed by atoms with Crippen LogP contribution in [0.1, 0.15) is 19.3 Å². The van der Waals surface area contributed by atoms with Gasteiger partial charge in [-0.25, -0.2) is 0 Å². The van der Waals surface area contributed by atoms with E-state index in [-0.39, 0.29) is 17.3 Å². The van der Waals surface area contributed by atoms with Gasteiger partial charge in [-0.05, 0) is 12.8 Å². The van der Waals surface area contributed by atoms with E-state index in [1.165, 1.54) is 12.1 Å². The van der Waals surface area contributed by atoms with Crippen molar-refractivity contribution in [3.63, 3.8) is 0 Å². The molecule has 0 aromatic heterocycles. The number of unbranched alkanes of at least 4 members (excludes halogenated alkanes) is 1. The third kappa shape index (κ3) is 4.07. The third-order valence-corrected chi connectivity index (χ3v) is 3.48. The molecular formula is C13H15BrN2O5. The Morgan fingerprint density at radius 3 is 2.57 bits per heavy atom. The number of carbonyl (C=O) groups excluding carboxylic acids is 1. The van der Waals surface area contributed by atoms with Crippen molar-refractivity contribution >= 4 is 33.2 Å². The van der Waals surface area contributed by atoms with Crippen LogP contribution in [-0.2, 0) is 4.79 Å². The maximum absolute atomic E-state index is 11.8. The minimum atomic E-state index is -0.549. The predicted molar refractivity (Wildman–Crippen MR) is 80.4 cm³/mol. The molecular weight excluding hydrogens is 344 g/mol. The third-order valence-electron chi connectivity index (χ3n) is 2.92. The molecule has 0 saturated heterocycles. The molecule has 1 aromatic rings. The van der Waals surface area contributed by atoms with E-state index in [1.807, 2.05) is 0 Å². The first-order valence-corrected chi connectivity index (χ1v) is 7.68. The fourth-order valence-electron chi connectivity index (χ4n) is 1.92. The first-order chi connectivity index (χ1) is 10.1. The molecule has 1 aromatic carbocycles. The fraction of sp³-hybridized carbons (Fsp3) is 0.462. The van der Waals surface area contributed by atoms with Gasteiger partial charge in [0.05, 0.1) is 11.0 Å². The van der Waals surface area contributed by atoms with Crippen LogP contribution in [0, 0.1) is 10.1 Å². The van der Waals surface area contributed by atoms with Gasteiger partial charge in [0, 0.05) is 17.8 Å². The summed E-state index contributed by atoms with van der Waals surface area (Å²) in [7, 11) is 0. The van der Waals surface area contributed by atoms with Crippen molar-refractivity contribution in [3.8, 4) is 11.5 Å². The topological polar surface area (TPSA) is 90.7 Å². The number of benzene rings is 1. The Morgan fingerprint density at radius 2 is 1.95 bits per heavy atom. The van der Waals surface area contributed by atoms with Crippen LogP contribution in [0.4, 0.5) is 11.4 Å². The molecule has 7 nitrogen and oxygen atoms in total. The number of ether oxygens (including phenoxy) is 2. The van der Waals surface area contributed by atoms with Gasteiger partial charge in [-0.1, -0.05) is 15.9 Å². The highest BCUT2D eigenvalue weighted by molar-refractivity contribution is 9.09. The molecule has 1 heterocycles. The second-order valence-corrected chi connectivity index (χ2v) is 5.26. The molecule has 0 spiro atoms. The summed E-state index contributed by atoms with van der Waals surface area (Å²) < 4.78 is 10.7. The summed E-state index contributed by atoms with van der Waals surface area (Å²) in [6.07, 6.45) is 1.91. The van der Waals surface area contributed by atoms with Crippen molar-refractivity contribution in [1.82, 2.24) is 0 Å². The molecule has 0 fully saturated rings. The number of amides is 1. The number of nitro groups is 1. The lowest BCUT2D eigenvalue weighted by Crippen LogP contribution is -2.17. The summed E-state index contributed by atoms with van der Waals surface area (Å²) in [5, 5.41) is 14.5. The van der Waals surface area contributed by atoms with E-state index in [9.17, 15) is 14.9 Å². The zero-order valence-corrected chi connectivity index (χ0v) is 12.8. The van der Waals surface area contributed by atoms with Gasteiger partial charge in [0.15, 0.2) is 11.5 Å². The van der Waals surface area contributed by atoms with Crippen molar-refractivity contribution in [3.05, 3.63) is 22.2 Å². The van der Waals surface area contributed by atoms with E-state index in [1.54, 1.807) is 0 Å². The Balaban J connectivity index is 2.17. The van der Waals surface area contributed by atoms with Crippen LogP contribution < -0.4 is 14.8 Å². The van der Waals surface area contributed by atoms with E-state index in [0.717, 1.165) is 18.2 Å². The van der Waals surface area contributed by atoms with Crippen LogP contribution >= 0.6 is 15.9 Å². The highest BCUT2D eigenvalue weighted by Gasteiger charge is 2.23. The lowest BCUT2D eigenvalue weighted by atomic mass is 10.2. The molecule has 1 aliphatic rings. The first-order valence-electron chi connectivity index (χ1n) is 6.55. The van der Waals surface area contributed by atoms with E-state index >= 15 is 0 Å². The van der Waals surface area contributed by atoms with E-state index in [0.29, 0.717) is 31.1 Å². The highest BCUT2D eigenvalue weighted by atomic mass is 79.9. The number of rotatable bonds is 6. The molecule has 1 amide bonds. The number of carbonyl (C=O) groups is 1. The summed E-state index contributed by atoms with van der Waals surface area (Å²) in [6.45, 7) is 0.728. The van der Waals surface area contributed by atoms with Gasteiger partial charge in [-0.3, -0.25) is 14.9 Å². The number of nitrogens with one attached hydrogen (secondary N) is 1. The average Bonchev–Trinajstić information content (AvgIpc) is 2.46. The second kappa shape index (κ2) is 7.26. The molecule has 1 aliphatic heterocycles. The summed E-state index contributed by atoms with van der Waals surface area (Å²) in [6, 6.07) is 2.72. The summed E-state index contributed by atoms with van der Waals surface area (Å²) in [5.41, 5.74) is -0.0683. The molecule has 114 valence electrons. The highest BCUT2D eigenvalue weighted by Crippen LogP contribution is 2.39. The monoisotopic (exact) mass is 358 g/mol. The Kier molecular flexibility index (Phi) is 5.38. The number of nitro benzene ring substituents is 1. The molecule has 0 atom stereocenters. The number of halogens is 1. The van der Waals surface area contributed by atoms with Gasteiger partial charge in [-0.2, -0.15) is 0 Å². The van der Waals surface area contributed by atoms with Crippen LogP contribution in [0.2, 0.25) is 0 Å². The number of alkyl halides is 1. The molecule has 0 bridgehead atoms. The van der Waals surface area contributed by atoms with Gasteiger partial charge in [0.25, 0.3) is 5.69 Å². The van der Waals surface area contributed by atoms with Crippen LogP contribution in [-0.4, -0.2) is 29.4 Å². The Hall–Kier alpha value is -1.83. The summed E-state index contributed by atoms with van der Waals surface area (Å²) in [5.74, 6) is 0.476. The van der Waals surface area contributed by atoms with Gasteiger partial charge in [0.1, 0.15) is 18.9 Å². The van der Waals surface area contributed by atoms with Crippen molar-refractivity contribution in [1.29, 1.82) is 0 Å². The number of nitrogens with zero attached hydrogens (tertiary/aromatic N) is 1. The van der Waals surface area contributed by atoms with Crippen molar-refractivity contribution < 1.29 is 19.2 Å². The number of hydrogen-bond donors (Lipinski definition) is 1. The number of hydrogen-bond acceptors (Lipinski definition) is 5. The van der Waals surface area contributed by atoms with E-state index in [2.05, 4.69) is 21.2 Å². The fourth-order valence-corrected chi connectivity index (χ4v) is 2.32. The molecule has 0 unspecified atom stereocenters. The molecule has 1 N–H and O–H groups in total. The molecule has 0 aliphatic carbocycles. The quantitative estimate of drug-likeness (QED) is 0.365. The average molecular weight is 359 g/mol. The molecule has 0 saturated carbocycles. The zero-order valence-electron chi connectivity index (χ0n) is 11.3. The lowest BCUT2D eigenvalue weighted by molar-refractivity contribution is -0.384. The zero-order chi connectivity index (χ0) is 15.2. The standard InChI is InChI=1S/C13H15BrN2O5/c14-4-2-1-3-13(17)15-9-7-11-12(21-6-5-20-11)8-10(9)16(18)19/h7-8H,1-6H2,(H,15,17). The molecule has 21 heavy (non-hydrogen) atoms. The van der Waals surface area contributed by atoms with Gasteiger partial charge >= 0.3 is 0 Å². The van der Waals surface area contributed by atoms with Crippen LogP contribution in [0.15, 0.2) is 12.1 Å². The smallest absolute Gasteiger partial charge is 0.296 e. The Labute approximate surface area is 129 Å². The SMILES string of the molecule is O=C(CCCCBr)Nc1cc2c(cc1[N+](=O)[O-])OCCO2. The van der Waals surface area contributed by atoms with Crippen molar-refractivity contribution in [2.75, 3.05) is 23.9 Å². The lowest BCUT2D eigenvalue weighted by Gasteiger charge is -2.19. The van der Waals surface area contributed by atoms with Crippen LogP contribution in [0.25, 0.3) is 0 Å². The van der Waals surface area contributed by atoms with Gasteiger partial charge < -0.3 is 14.8 Å². The van der Waals surface area contributed by atoms with Gasteiger partial charge in [-0.15, -0.1) is 0 Å². The van der Waals surface area contributed by atoms with E-state index in [4.69, 9.17) is 9.47 Å². The molecule has 0 radical (unpaired) electrons. The maximum Gasteiger partial charge on any atom is 0.296 e. The predicted octanol–water partition coefficient (Wildman–Crippen LogP) is 2.87. The van der Waals surface area contributed by atoms with Crippen LogP contribution in [0.5, 0.6) is 11.5 Å². The minimum Gasteiger partial charge on any atom is -0.486 e. The minimum absolute atomic E-state index is 0.132. The van der Waals surface area contributed by atoms with Crippen molar-refractivity contribution in [2.24, 2.45) is 0 Å². The molecule has 2 rings (SSSR count). The number of fused-ring (bicyclic) bond motifs is 1. The maximum atomic E-state index is 11.8. The largest absolute Gasteiger partial charge is 0.486 e. The number of anilines is 1. The van der Waals surface area contributed by atoms with E-state index < -0.39 is 4.92 Å². The Morgan fingerprint density at radius 1 is 1.29 bits per heavy atom. The van der Waals surface area contributed by atoms with Gasteiger partial charge in [0.2, 0.25) is 5.91 Å².